The Labute approximate surface area is 111 Å². The minimum Gasteiger partial charge on any atom is -0.299 e. The van der Waals surface area contributed by atoms with Gasteiger partial charge in [0.2, 0.25) is 0 Å². The molecule has 1 aliphatic heterocycles. The smallest absolute Gasteiger partial charge is 0.270 e. The van der Waals surface area contributed by atoms with Crippen LogP contribution in [-0.4, -0.2) is 26.0 Å². The molecular formula is C14H16N4O. The molecule has 0 N–H and O–H groups in total. The average Bonchev–Trinajstić information content (AvgIpc) is 2.41. The number of fused-ring (bicyclic) bond motifs is 1. The molecule has 5 heteroatoms. The molecule has 0 fully saturated rings. The number of aromatic nitrogens is 3. The molecule has 2 aromatic heterocycles. The van der Waals surface area contributed by atoms with Crippen molar-refractivity contribution in [2.45, 2.75) is 26.6 Å². The molecule has 98 valence electrons. The van der Waals surface area contributed by atoms with Gasteiger partial charge in [0.15, 0.2) is 0 Å². The molecule has 0 atom stereocenters. The van der Waals surface area contributed by atoms with Crippen molar-refractivity contribution < 1.29 is 0 Å². The topological polar surface area (TPSA) is 51.0 Å². The highest BCUT2D eigenvalue weighted by Crippen LogP contribution is 2.17. The highest BCUT2D eigenvalue weighted by atomic mass is 16.1. The summed E-state index contributed by atoms with van der Waals surface area (Å²) in [6, 6.07) is 4.22. The van der Waals surface area contributed by atoms with Crippen LogP contribution in [0.25, 0.3) is 0 Å². The standard InChI is InChI=1S/C14H16N4O/c1-11-2-3-12-4-6-17(9-13(12)16-11)10-18-7-5-15-8-14(18)19/h2-3,5,7-8H,4,6,9-10H2,1H3. The fourth-order valence-electron chi connectivity index (χ4n) is 2.40. The lowest BCUT2D eigenvalue weighted by molar-refractivity contribution is 0.193. The van der Waals surface area contributed by atoms with Crippen molar-refractivity contribution in [3.63, 3.8) is 0 Å². The molecular weight excluding hydrogens is 240 g/mol. The number of hydrogen-bond acceptors (Lipinski definition) is 4. The third-order valence-electron chi connectivity index (χ3n) is 3.43. The summed E-state index contributed by atoms with van der Waals surface area (Å²) < 4.78 is 1.67. The van der Waals surface area contributed by atoms with E-state index in [0.717, 1.165) is 30.9 Å². The van der Waals surface area contributed by atoms with Gasteiger partial charge in [-0.3, -0.25) is 24.2 Å². The van der Waals surface area contributed by atoms with Crippen molar-refractivity contribution in [1.29, 1.82) is 0 Å². The highest BCUT2D eigenvalue weighted by molar-refractivity contribution is 5.24. The third-order valence-corrected chi connectivity index (χ3v) is 3.43. The summed E-state index contributed by atoms with van der Waals surface area (Å²) >= 11 is 0. The molecule has 19 heavy (non-hydrogen) atoms. The van der Waals surface area contributed by atoms with Crippen molar-refractivity contribution in [2.75, 3.05) is 6.54 Å². The molecule has 0 unspecified atom stereocenters. The van der Waals surface area contributed by atoms with Crippen LogP contribution in [0.2, 0.25) is 0 Å². The van der Waals surface area contributed by atoms with E-state index in [9.17, 15) is 4.79 Å². The minimum atomic E-state index is -0.0644. The Balaban J connectivity index is 1.79. The van der Waals surface area contributed by atoms with E-state index in [1.807, 2.05) is 6.92 Å². The maximum atomic E-state index is 11.7. The average molecular weight is 256 g/mol. The summed E-state index contributed by atoms with van der Waals surface area (Å²) in [5.41, 5.74) is 3.43. The predicted molar refractivity (Wildman–Crippen MR) is 71.6 cm³/mol. The van der Waals surface area contributed by atoms with Gasteiger partial charge >= 0.3 is 0 Å². The predicted octanol–water partition coefficient (Wildman–Crippen LogP) is 0.963. The summed E-state index contributed by atoms with van der Waals surface area (Å²) in [5, 5.41) is 0. The number of rotatable bonds is 2. The van der Waals surface area contributed by atoms with Crippen molar-refractivity contribution in [3.05, 3.63) is 58.0 Å². The van der Waals surface area contributed by atoms with E-state index in [1.54, 1.807) is 17.0 Å². The lowest BCUT2D eigenvalue weighted by Gasteiger charge is -2.28. The quantitative estimate of drug-likeness (QED) is 0.803. The normalized spacial score (nSPS) is 15.2. The van der Waals surface area contributed by atoms with Crippen LogP contribution in [0.15, 0.2) is 35.5 Å². The Bertz CT molecular complexity index is 650. The van der Waals surface area contributed by atoms with E-state index in [1.165, 1.54) is 11.8 Å². The second-order valence-corrected chi connectivity index (χ2v) is 4.89. The first-order valence-electron chi connectivity index (χ1n) is 6.40. The first-order chi connectivity index (χ1) is 9.22. The lowest BCUT2D eigenvalue weighted by atomic mass is 10.1. The fourth-order valence-corrected chi connectivity index (χ4v) is 2.40. The third kappa shape index (κ3) is 2.56. The zero-order valence-corrected chi connectivity index (χ0v) is 10.9. The van der Waals surface area contributed by atoms with E-state index in [0.29, 0.717) is 6.67 Å². The molecule has 5 nitrogen and oxygen atoms in total. The Morgan fingerprint density at radius 2 is 2.26 bits per heavy atom. The summed E-state index contributed by atoms with van der Waals surface area (Å²) in [5.74, 6) is 0. The fraction of sp³-hybridized carbons (Fsp3) is 0.357. The second kappa shape index (κ2) is 4.93. The molecule has 1 aliphatic rings. The summed E-state index contributed by atoms with van der Waals surface area (Å²) in [6.45, 7) is 4.35. The lowest BCUT2D eigenvalue weighted by Crippen LogP contribution is -2.36. The minimum absolute atomic E-state index is 0.0644. The van der Waals surface area contributed by atoms with Gasteiger partial charge in [-0.05, 0) is 25.0 Å². The largest absolute Gasteiger partial charge is 0.299 e. The number of aryl methyl sites for hydroxylation is 1. The number of nitrogens with zero attached hydrogens (tertiary/aromatic N) is 4. The Morgan fingerprint density at radius 3 is 3.11 bits per heavy atom. The molecule has 0 aliphatic carbocycles. The van der Waals surface area contributed by atoms with Crippen LogP contribution < -0.4 is 5.56 Å². The first-order valence-corrected chi connectivity index (χ1v) is 6.40. The summed E-state index contributed by atoms with van der Waals surface area (Å²) in [7, 11) is 0. The first kappa shape index (κ1) is 12.0. The van der Waals surface area contributed by atoms with Crippen LogP contribution in [0.5, 0.6) is 0 Å². The highest BCUT2D eigenvalue weighted by Gasteiger charge is 2.17. The Kier molecular flexibility index (Phi) is 3.13. The molecule has 2 aromatic rings. The second-order valence-electron chi connectivity index (χ2n) is 4.89. The van der Waals surface area contributed by atoms with Gasteiger partial charge in [0.1, 0.15) is 0 Å². The van der Waals surface area contributed by atoms with Crippen LogP contribution >= 0.6 is 0 Å². The molecule has 0 saturated heterocycles. The Morgan fingerprint density at radius 1 is 1.37 bits per heavy atom. The van der Waals surface area contributed by atoms with Gasteiger partial charge in [0.05, 0.1) is 18.6 Å². The van der Waals surface area contributed by atoms with Crippen LogP contribution in [-0.2, 0) is 19.6 Å². The summed E-state index contributed by atoms with van der Waals surface area (Å²) in [6.07, 6.45) is 5.70. The Hall–Kier alpha value is -2.01. The van der Waals surface area contributed by atoms with E-state index in [4.69, 9.17) is 0 Å². The SMILES string of the molecule is Cc1ccc2c(n1)CN(Cn1ccncc1=O)CC2. The van der Waals surface area contributed by atoms with Gasteiger partial charge in [-0.1, -0.05) is 6.07 Å². The zero-order valence-electron chi connectivity index (χ0n) is 10.9. The van der Waals surface area contributed by atoms with Gasteiger partial charge < -0.3 is 0 Å². The molecule has 0 spiro atoms. The van der Waals surface area contributed by atoms with E-state index in [2.05, 4.69) is 27.0 Å². The molecule has 0 radical (unpaired) electrons. The van der Waals surface area contributed by atoms with Gasteiger partial charge in [-0.15, -0.1) is 0 Å². The molecule has 0 aromatic carbocycles. The van der Waals surface area contributed by atoms with E-state index in [-0.39, 0.29) is 5.56 Å². The number of hydrogen-bond donors (Lipinski definition) is 0. The van der Waals surface area contributed by atoms with Gasteiger partial charge in [0.25, 0.3) is 5.56 Å². The van der Waals surface area contributed by atoms with Crippen LogP contribution in [0, 0.1) is 6.92 Å². The van der Waals surface area contributed by atoms with Crippen molar-refractivity contribution in [1.82, 2.24) is 19.4 Å². The van der Waals surface area contributed by atoms with Crippen LogP contribution in [0.3, 0.4) is 0 Å². The zero-order chi connectivity index (χ0) is 13.2. The van der Waals surface area contributed by atoms with Crippen molar-refractivity contribution >= 4 is 0 Å². The van der Waals surface area contributed by atoms with Crippen molar-refractivity contribution in [2.24, 2.45) is 0 Å². The maximum absolute atomic E-state index is 11.7. The molecule has 0 saturated carbocycles. The monoisotopic (exact) mass is 256 g/mol. The van der Waals surface area contributed by atoms with Gasteiger partial charge in [0, 0.05) is 31.2 Å². The van der Waals surface area contributed by atoms with Gasteiger partial charge in [-0.25, -0.2) is 0 Å². The van der Waals surface area contributed by atoms with Crippen molar-refractivity contribution in [3.8, 4) is 0 Å². The molecule has 3 rings (SSSR count). The number of pyridine rings is 1. The van der Waals surface area contributed by atoms with Crippen LogP contribution in [0.1, 0.15) is 17.0 Å². The van der Waals surface area contributed by atoms with Gasteiger partial charge in [-0.2, -0.15) is 0 Å². The summed E-state index contributed by atoms with van der Waals surface area (Å²) in [4.78, 5) is 22.3. The molecule has 0 bridgehead atoms. The molecule has 3 heterocycles. The van der Waals surface area contributed by atoms with E-state index >= 15 is 0 Å². The van der Waals surface area contributed by atoms with E-state index < -0.39 is 0 Å². The van der Waals surface area contributed by atoms with Crippen LogP contribution in [0.4, 0.5) is 0 Å². The molecule has 0 amide bonds. The maximum Gasteiger partial charge on any atom is 0.270 e.